The van der Waals surface area contributed by atoms with Gasteiger partial charge in [-0.1, -0.05) is 0 Å². The van der Waals surface area contributed by atoms with Crippen molar-refractivity contribution in [2.75, 3.05) is 48.0 Å². The molecule has 2 saturated heterocycles. The zero-order chi connectivity index (χ0) is 24.2. The Labute approximate surface area is 203 Å². The van der Waals surface area contributed by atoms with Gasteiger partial charge in [-0.3, -0.25) is 0 Å². The average Bonchev–Trinajstić information content (AvgIpc) is 3.37. The summed E-state index contributed by atoms with van der Waals surface area (Å²) < 4.78 is 33.0. The molecule has 2 aliphatic heterocycles. The van der Waals surface area contributed by atoms with Crippen molar-refractivity contribution >= 4 is 24.1 Å². The number of hydrogen-bond acceptors (Lipinski definition) is 8. The first-order chi connectivity index (χ1) is 17.1. The Hall–Kier alpha value is -3.56. The minimum Gasteiger partial charge on any atom is -0.455 e. The lowest BCUT2D eigenvalue weighted by Gasteiger charge is -2.30. The smallest absolute Gasteiger partial charge is 0.252 e. The number of furan rings is 1. The summed E-state index contributed by atoms with van der Waals surface area (Å²) >= 11 is 0. The number of anilines is 3. The molecular formula is C25H29F2N7O. The summed E-state index contributed by atoms with van der Waals surface area (Å²) in [4.78, 5) is 18.7. The Bertz CT molecular complexity index is 1150. The number of hydrogen-bond donors (Lipinski definition) is 0. The van der Waals surface area contributed by atoms with Gasteiger partial charge in [-0.05, 0) is 62.8 Å². The number of rotatable bonds is 6. The second-order valence-electron chi connectivity index (χ2n) is 8.93. The fourth-order valence-corrected chi connectivity index (χ4v) is 4.41. The molecule has 0 radical (unpaired) electrons. The Balaban J connectivity index is 1.38. The van der Waals surface area contributed by atoms with Gasteiger partial charge in [-0.15, -0.1) is 0 Å². The van der Waals surface area contributed by atoms with Crippen LogP contribution in [0.25, 0.3) is 11.3 Å². The maximum absolute atomic E-state index is 14.1. The SMILES string of the molecule is CN(/N=C\c1ccc(-c2ccc(F)cc2F)o1)c1nc(N2CCCCC2)nc(N2CCCCC2)n1. The van der Waals surface area contributed by atoms with Gasteiger partial charge in [0.25, 0.3) is 5.95 Å². The number of piperidine rings is 2. The van der Waals surface area contributed by atoms with Crippen LogP contribution in [-0.2, 0) is 0 Å². The molecule has 1 aromatic carbocycles. The van der Waals surface area contributed by atoms with Crippen molar-refractivity contribution in [3.8, 4) is 11.3 Å². The van der Waals surface area contributed by atoms with Crippen molar-refractivity contribution in [1.29, 1.82) is 0 Å². The van der Waals surface area contributed by atoms with E-state index in [-0.39, 0.29) is 5.56 Å². The molecule has 35 heavy (non-hydrogen) atoms. The van der Waals surface area contributed by atoms with Crippen LogP contribution in [-0.4, -0.2) is 54.4 Å². The molecule has 10 heteroatoms. The van der Waals surface area contributed by atoms with Crippen LogP contribution in [0, 0.1) is 11.6 Å². The van der Waals surface area contributed by atoms with E-state index >= 15 is 0 Å². The Morgan fingerprint density at radius 3 is 2.09 bits per heavy atom. The van der Waals surface area contributed by atoms with Crippen LogP contribution in [0.5, 0.6) is 0 Å². The second kappa shape index (κ2) is 10.4. The molecule has 0 bridgehead atoms. The van der Waals surface area contributed by atoms with E-state index in [1.165, 1.54) is 31.2 Å². The van der Waals surface area contributed by atoms with E-state index in [1.54, 1.807) is 24.2 Å². The molecule has 2 aliphatic rings. The topological polar surface area (TPSA) is 73.9 Å². The lowest BCUT2D eigenvalue weighted by molar-refractivity contribution is 0.555. The lowest BCUT2D eigenvalue weighted by Crippen LogP contribution is -2.35. The highest BCUT2D eigenvalue weighted by molar-refractivity contribution is 5.78. The van der Waals surface area contributed by atoms with E-state index in [1.807, 2.05) is 0 Å². The van der Waals surface area contributed by atoms with Crippen molar-refractivity contribution in [2.45, 2.75) is 38.5 Å². The molecule has 0 spiro atoms. The third-order valence-corrected chi connectivity index (χ3v) is 6.35. The molecule has 0 atom stereocenters. The molecule has 0 amide bonds. The summed E-state index contributed by atoms with van der Waals surface area (Å²) in [6.07, 6.45) is 8.49. The highest BCUT2D eigenvalue weighted by Crippen LogP contribution is 2.26. The van der Waals surface area contributed by atoms with E-state index in [4.69, 9.17) is 19.4 Å². The summed E-state index contributed by atoms with van der Waals surface area (Å²) in [5.74, 6) is 1.23. The van der Waals surface area contributed by atoms with Gasteiger partial charge in [0.15, 0.2) is 0 Å². The molecule has 8 nitrogen and oxygen atoms in total. The first-order valence-corrected chi connectivity index (χ1v) is 12.2. The van der Waals surface area contributed by atoms with Crippen molar-refractivity contribution < 1.29 is 13.2 Å². The van der Waals surface area contributed by atoms with Gasteiger partial charge in [-0.2, -0.15) is 20.1 Å². The number of aromatic nitrogens is 3. The van der Waals surface area contributed by atoms with Crippen LogP contribution in [0.1, 0.15) is 44.3 Å². The number of benzene rings is 1. The maximum Gasteiger partial charge on any atom is 0.252 e. The zero-order valence-corrected chi connectivity index (χ0v) is 19.8. The lowest BCUT2D eigenvalue weighted by atomic mass is 10.1. The fraction of sp³-hybridized carbons (Fsp3) is 0.440. The maximum atomic E-state index is 14.1. The van der Waals surface area contributed by atoms with Gasteiger partial charge in [0.05, 0.1) is 11.8 Å². The predicted octanol–water partition coefficient (Wildman–Crippen LogP) is 4.86. The van der Waals surface area contributed by atoms with Crippen LogP contribution >= 0.6 is 0 Å². The van der Waals surface area contributed by atoms with Gasteiger partial charge < -0.3 is 14.2 Å². The van der Waals surface area contributed by atoms with Crippen molar-refractivity contribution in [1.82, 2.24) is 15.0 Å². The molecule has 2 fully saturated rings. The van der Waals surface area contributed by atoms with Crippen LogP contribution in [0.4, 0.5) is 26.6 Å². The third-order valence-electron chi connectivity index (χ3n) is 6.35. The average molecular weight is 482 g/mol. The number of hydrazone groups is 1. The molecule has 0 saturated carbocycles. The summed E-state index contributed by atoms with van der Waals surface area (Å²) in [6.45, 7) is 3.74. The van der Waals surface area contributed by atoms with Crippen LogP contribution < -0.4 is 14.8 Å². The van der Waals surface area contributed by atoms with E-state index in [9.17, 15) is 8.78 Å². The summed E-state index contributed by atoms with van der Waals surface area (Å²) in [5, 5.41) is 6.04. The summed E-state index contributed by atoms with van der Waals surface area (Å²) in [7, 11) is 1.77. The monoisotopic (exact) mass is 481 g/mol. The quantitative estimate of drug-likeness (QED) is 0.368. The van der Waals surface area contributed by atoms with E-state index in [0.29, 0.717) is 29.4 Å². The molecular weight excluding hydrogens is 452 g/mol. The third kappa shape index (κ3) is 5.41. The molecule has 3 aromatic rings. The first kappa shape index (κ1) is 23.2. The molecule has 5 rings (SSSR count). The molecule has 0 N–H and O–H groups in total. The highest BCUT2D eigenvalue weighted by Gasteiger charge is 2.21. The van der Waals surface area contributed by atoms with Crippen molar-refractivity contribution in [3.63, 3.8) is 0 Å². The molecule has 2 aromatic heterocycles. The molecule has 0 unspecified atom stereocenters. The predicted molar refractivity (Wildman–Crippen MR) is 132 cm³/mol. The van der Waals surface area contributed by atoms with Crippen LogP contribution in [0.15, 0.2) is 39.9 Å². The number of nitrogens with zero attached hydrogens (tertiary/aromatic N) is 7. The Morgan fingerprint density at radius 1 is 0.857 bits per heavy atom. The highest BCUT2D eigenvalue weighted by atomic mass is 19.1. The van der Waals surface area contributed by atoms with E-state index in [2.05, 4.69) is 14.9 Å². The minimum atomic E-state index is -0.680. The van der Waals surface area contributed by atoms with E-state index in [0.717, 1.165) is 57.9 Å². The standard InChI is InChI=1S/C25H29F2N7O/c1-32(28-17-19-9-11-22(35-19)20-10-8-18(26)16-21(20)27)23-29-24(33-12-4-2-5-13-33)31-25(30-23)34-14-6-3-7-15-34/h8-11,16-17H,2-7,12-15H2,1H3/b28-17-. The molecule has 0 aliphatic carbocycles. The fourth-order valence-electron chi connectivity index (χ4n) is 4.41. The van der Waals surface area contributed by atoms with E-state index < -0.39 is 11.6 Å². The van der Waals surface area contributed by atoms with Crippen molar-refractivity contribution in [2.24, 2.45) is 5.10 Å². The molecule has 4 heterocycles. The Morgan fingerprint density at radius 2 is 1.49 bits per heavy atom. The minimum absolute atomic E-state index is 0.189. The van der Waals surface area contributed by atoms with Gasteiger partial charge in [0, 0.05) is 39.3 Å². The largest absolute Gasteiger partial charge is 0.455 e. The molecule has 184 valence electrons. The first-order valence-electron chi connectivity index (χ1n) is 12.2. The summed E-state index contributed by atoms with van der Waals surface area (Å²) in [5.41, 5.74) is 0.189. The summed E-state index contributed by atoms with van der Waals surface area (Å²) in [6, 6.07) is 6.69. The van der Waals surface area contributed by atoms with Crippen molar-refractivity contribution in [3.05, 3.63) is 47.7 Å². The van der Waals surface area contributed by atoms with Crippen LogP contribution in [0.3, 0.4) is 0 Å². The second-order valence-corrected chi connectivity index (χ2v) is 8.93. The Kier molecular flexibility index (Phi) is 6.87. The normalized spacial score (nSPS) is 16.8. The zero-order valence-electron chi connectivity index (χ0n) is 19.8. The van der Waals surface area contributed by atoms with Crippen LogP contribution in [0.2, 0.25) is 0 Å². The van der Waals surface area contributed by atoms with Gasteiger partial charge in [-0.25, -0.2) is 13.8 Å². The van der Waals surface area contributed by atoms with Gasteiger partial charge in [0.2, 0.25) is 11.9 Å². The number of halogens is 2. The van der Waals surface area contributed by atoms with Gasteiger partial charge in [0.1, 0.15) is 23.2 Å². The van der Waals surface area contributed by atoms with Gasteiger partial charge >= 0.3 is 0 Å².